The first kappa shape index (κ1) is 33.1. The van der Waals surface area contributed by atoms with Gasteiger partial charge in [-0.1, -0.05) is 27.7 Å². The van der Waals surface area contributed by atoms with E-state index in [9.17, 15) is 19.8 Å². The Morgan fingerprint density at radius 2 is 1.72 bits per heavy atom. The van der Waals surface area contributed by atoms with Crippen LogP contribution in [0.3, 0.4) is 0 Å². The molecule has 5 aliphatic rings. The molecule has 8 bridgehead atoms. The van der Waals surface area contributed by atoms with Gasteiger partial charge >= 0.3 is 11.9 Å². The topological polar surface area (TPSA) is 145 Å². The van der Waals surface area contributed by atoms with Gasteiger partial charge in [-0.25, -0.2) is 0 Å². The number of carbonyl (C=O) groups excluding carboxylic acids is 2. The van der Waals surface area contributed by atoms with Gasteiger partial charge < -0.3 is 40.6 Å². The molecule has 4 fully saturated rings. The highest BCUT2D eigenvalue weighted by atomic mass is 16.5. The number of rotatable bonds is 5. The molecule has 13 atom stereocenters. The number of esters is 2. The van der Waals surface area contributed by atoms with Crippen molar-refractivity contribution in [3.05, 3.63) is 39.5 Å². The maximum absolute atomic E-state index is 13.5. The van der Waals surface area contributed by atoms with E-state index in [2.05, 4.69) is 61.6 Å². The van der Waals surface area contributed by atoms with Crippen LogP contribution in [0.4, 0.5) is 0 Å². The number of methoxy groups -OCH3 is 2. The molecule has 46 heavy (non-hydrogen) atoms. The molecular formula is C36H54N4O6. The summed E-state index contributed by atoms with van der Waals surface area (Å²) in [6.07, 6.45) is 4.74. The molecule has 6 N–H and O–H groups in total. The molecule has 254 valence electrons. The van der Waals surface area contributed by atoms with E-state index in [0.29, 0.717) is 18.6 Å². The van der Waals surface area contributed by atoms with E-state index in [0.717, 1.165) is 36.2 Å². The third kappa shape index (κ3) is 5.28. The predicted molar refractivity (Wildman–Crippen MR) is 176 cm³/mol. The summed E-state index contributed by atoms with van der Waals surface area (Å²) in [6.45, 7) is 12.8. The minimum absolute atomic E-state index is 0.0731. The van der Waals surface area contributed by atoms with Gasteiger partial charge in [0.1, 0.15) is 0 Å². The molecule has 0 aromatic carbocycles. The summed E-state index contributed by atoms with van der Waals surface area (Å²) in [6, 6.07) is 0.0726. The Kier molecular flexibility index (Phi) is 9.10. The Bertz CT molecular complexity index is 1410. The number of nitrogens with one attached hydrogen (secondary N) is 4. The van der Waals surface area contributed by atoms with Gasteiger partial charge in [-0.05, 0) is 68.1 Å². The fraction of sp³-hybridized carbons (Fsp3) is 0.722. The second-order valence-electron chi connectivity index (χ2n) is 14.8. The Balaban J connectivity index is 1.48. The molecule has 11 unspecified atom stereocenters. The summed E-state index contributed by atoms with van der Waals surface area (Å²) in [5.74, 6) is -0.798. The highest BCUT2D eigenvalue weighted by Crippen LogP contribution is 2.52. The standard InChI is InChI=1S/C36H54N4O6/c1-9-20-15(2)22-14-27-29(19(6)41)17(4)24(38-27)12-23-16(3)21(10-11-28(42)45-7)33(39-23)31-32(36(44)46-8)35(43)30-18(5)25(40-34(30)31)13-26(20)37-22/h14,16-18,21,23-25,30-35,37-41,43H,9-13H2,1-8H3/t16-,17?,18?,21-,23?,24?,25?,30?,31?,32?,33?,34?,35?/m0/s1. The number of hydrogen-bond acceptors (Lipinski definition) is 9. The van der Waals surface area contributed by atoms with Crippen molar-refractivity contribution in [2.24, 2.45) is 41.4 Å². The molecule has 3 saturated heterocycles. The largest absolute Gasteiger partial charge is 0.512 e. The average Bonchev–Trinajstić information content (AvgIpc) is 3.76. The Hall–Kier alpha value is -2.82. The van der Waals surface area contributed by atoms with E-state index >= 15 is 0 Å². The van der Waals surface area contributed by atoms with E-state index in [1.807, 2.05) is 0 Å². The number of fused-ring (bicyclic) bond motifs is 8. The van der Waals surface area contributed by atoms with Crippen molar-refractivity contribution < 1.29 is 29.3 Å². The van der Waals surface area contributed by atoms with Crippen LogP contribution >= 0.6 is 0 Å². The molecule has 1 saturated carbocycles. The molecule has 10 heteroatoms. The van der Waals surface area contributed by atoms with Crippen LogP contribution in [-0.4, -0.2) is 77.7 Å². The SMILES string of the molecule is CCc1c2[nH]c(c1C)C=C1NC(CC3NC(C4C5NC(C2)C(C)C5C(O)C4C(=O)OC)[C@@H](CCC(=O)OC)[C@@H]3C)C(C)C1=C(C)O. The summed E-state index contributed by atoms with van der Waals surface area (Å²) < 4.78 is 10.4. The molecule has 5 heterocycles. The summed E-state index contributed by atoms with van der Waals surface area (Å²) in [7, 11) is 2.83. The third-order valence-electron chi connectivity index (χ3n) is 12.8. The fourth-order valence-electron chi connectivity index (χ4n) is 10.4. The van der Waals surface area contributed by atoms with E-state index in [-0.39, 0.29) is 77.7 Å². The van der Waals surface area contributed by atoms with Crippen LogP contribution in [0.25, 0.3) is 6.08 Å². The highest BCUT2D eigenvalue weighted by Gasteiger charge is 2.63. The third-order valence-corrected chi connectivity index (χ3v) is 12.8. The average molecular weight is 639 g/mol. The molecule has 1 aromatic heterocycles. The number of aromatic nitrogens is 1. The highest BCUT2D eigenvalue weighted by molar-refractivity contribution is 5.74. The molecule has 6 rings (SSSR count). The Morgan fingerprint density at radius 1 is 1.00 bits per heavy atom. The molecular weight excluding hydrogens is 584 g/mol. The number of aliphatic hydroxyl groups excluding tert-OH is 2. The van der Waals surface area contributed by atoms with Crippen LogP contribution in [0.2, 0.25) is 0 Å². The lowest BCUT2D eigenvalue weighted by atomic mass is 9.75. The first-order valence-electron chi connectivity index (χ1n) is 17.3. The Morgan fingerprint density at radius 3 is 2.37 bits per heavy atom. The van der Waals surface area contributed by atoms with Crippen LogP contribution < -0.4 is 16.0 Å². The zero-order valence-corrected chi connectivity index (χ0v) is 28.6. The monoisotopic (exact) mass is 638 g/mol. The quantitative estimate of drug-likeness (QED) is 0.211. The van der Waals surface area contributed by atoms with Crippen molar-refractivity contribution in [1.29, 1.82) is 0 Å². The summed E-state index contributed by atoms with van der Waals surface area (Å²) in [5.41, 5.74) is 6.66. The lowest BCUT2D eigenvalue weighted by Crippen LogP contribution is -2.51. The van der Waals surface area contributed by atoms with Crippen molar-refractivity contribution in [2.45, 2.75) is 110 Å². The summed E-state index contributed by atoms with van der Waals surface area (Å²) in [4.78, 5) is 29.6. The van der Waals surface area contributed by atoms with Crippen molar-refractivity contribution in [3.8, 4) is 0 Å². The van der Waals surface area contributed by atoms with Crippen LogP contribution in [0.5, 0.6) is 0 Å². The number of ether oxygens (including phenoxy) is 2. The molecule has 4 aliphatic heterocycles. The van der Waals surface area contributed by atoms with Gasteiger partial charge in [0.25, 0.3) is 0 Å². The van der Waals surface area contributed by atoms with Gasteiger partial charge in [0.05, 0.1) is 32.0 Å². The fourth-order valence-corrected chi connectivity index (χ4v) is 10.4. The molecule has 1 aromatic rings. The smallest absolute Gasteiger partial charge is 0.311 e. The predicted octanol–water partition coefficient (Wildman–Crippen LogP) is 3.53. The van der Waals surface area contributed by atoms with Gasteiger partial charge in [0.15, 0.2) is 0 Å². The lowest BCUT2D eigenvalue weighted by Gasteiger charge is -2.34. The summed E-state index contributed by atoms with van der Waals surface area (Å²) in [5, 5.41) is 34.6. The van der Waals surface area contributed by atoms with Crippen LogP contribution in [0.15, 0.2) is 17.0 Å². The maximum atomic E-state index is 13.5. The molecule has 0 amide bonds. The minimum Gasteiger partial charge on any atom is -0.512 e. The van der Waals surface area contributed by atoms with Crippen LogP contribution in [0, 0.1) is 48.3 Å². The zero-order valence-electron chi connectivity index (χ0n) is 28.6. The van der Waals surface area contributed by atoms with E-state index in [1.165, 1.54) is 31.0 Å². The van der Waals surface area contributed by atoms with Crippen molar-refractivity contribution in [2.75, 3.05) is 14.2 Å². The van der Waals surface area contributed by atoms with Gasteiger partial charge in [-0.3, -0.25) is 9.59 Å². The molecule has 10 nitrogen and oxygen atoms in total. The Labute approximate surface area is 273 Å². The number of H-pyrrole nitrogens is 1. The number of aliphatic hydroxyl groups is 2. The number of allylic oxidation sites excluding steroid dienone is 2. The van der Waals surface area contributed by atoms with Gasteiger partial charge in [0, 0.05) is 83.5 Å². The lowest BCUT2D eigenvalue weighted by molar-refractivity contribution is -0.152. The molecule has 0 radical (unpaired) electrons. The zero-order chi connectivity index (χ0) is 33.2. The number of aromatic amines is 1. The first-order valence-corrected chi connectivity index (χ1v) is 17.3. The van der Waals surface area contributed by atoms with E-state index in [1.54, 1.807) is 6.92 Å². The van der Waals surface area contributed by atoms with E-state index < -0.39 is 12.0 Å². The van der Waals surface area contributed by atoms with Gasteiger partial charge in [-0.15, -0.1) is 0 Å². The second-order valence-corrected chi connectivity index (χ2v) is 14.8. The van der Waals surface area contributed by atoms with E-state index in [4.69, 9.17) is 9.47 Å². The summed E-state index contributed by atoms with van der Waals surface area (Å²) >= 11 is 0. The van der Waals surface area contributed by atoms with Crippen molar-refractivity contribution >= 4 is 18.0 Å². The number of hydrogen-bond donors (Lipinski definition) is 6. The van der Waals surface area contributed by atoms with Crippen LogP contribution in [-0.2, 0) is 31.9 Å². The maximum Gasteiger partial charge on any atom is 0.311 e. The molecule has 1 aliphatic carbocycles. The molecule has 0 spiro atoms. The van der Waals surface area contributed by atoms with Gasteiger partial charge in [-0.2, -0.15) is 0 Å². The minimum atomic E-state index is -0.833. The normalized spacial score (nSPS) is 40.8. The number of carbonyl (C=O) groups is 2. The van der Waals surface area contributed by atoms with Crippen molar-refractivity contribution in [1.82, 2.24) is 20.9 Å². The second kappa shape index (κ2) is 12.7. The first-order chi connectivity index (χ1) is 21.9. The van der Waals surface area contributed by atoms with Crippen LogP contribution in [0.1, 0.15) is 76.4 Å². The van der Waals surface area contributed by atoms with Crippen molar-refractivity contribution in [3.63, 3.8) is 0 Å². The van der Waals surface area contributed by atoms with Gasteiger partial charge in [0.2, 0.25) is 0 Å².